The summed E-state index contributed by atoms with van der Waals surface area (Å²) in [6.07, 6.45) is 9.73. The molecule has 0 saturated heterocycles. The smallest absolute Gasteiger partial charge is 0.0334 e. The first-order valence-electron chi connectivity index (χ1n) is 7.15. The van der Waals surface area contributed by atoms with Crippen molar-refractivity contribution in [3.8, 4) is 0 Å². The summed E-state index contributed by atoms with van der Waals surface area (Å²) in [6, 6.07) is 0.655. The van der Waals surface area contributed by atoms with Crippen molar-refractivity contribution in [2.75, 3.05) is 13.1 Å². The Bertz CT molecular complexity index is 215. The third-order valence-electron chi connectivity index (χ3n) is 4.55. The monoisotopic (exact) mass is 224 g/mol. The van der Waals surface area contributed by atoms with Gasteiger partial charge >= 0.3 is 0 Å². The van der Waals surface area contributed by atoms with Gasteiger partial charge in [-0.25, -0.2) is 0 Å². The summed E-state index contributed by atoms with van der Waals surface area (Å²) in [5, 5.41) is 0. The number of hydrogen-bond donors (Lipinski definition) is 1. The fourth-order valence-electron chi connectivity index (χ4n) is 3.35. The largest absolute Gasteiger partial charge is 0.329 e. The van der Waals surface area contributed by atoms with E-state index < -0.39 is 0 Å². The molecule has 0 aromatic rings. The molecule has 2 aliphatic rings. The maximum absolute atomic E-state index is 6.13. The SMILES string of the molecule is CC(C)N(CC1CC1)C1(CN)CCCCC1. The van der Waals surface area contributed by atoms with E-state index in [1.54, 1.807) is 0 Å². The van der Waals surface area contributed by atoms with Crippen LogP contribution in [0.5, 0.6) is 0 Å². The summed E-state index contributed by atoms with van der Waals surface area (Å²) in [5.41, 5.74) is 6.47. The highest BCUT2D eigenvalue weighted by atomic mass is 15.2. The zero-order valence-electron chi connectivity index (χ0n) is 11.0. The molecule has 2 N–H and O–H groups in total. The Morgan fingerprint density at radius 1 is 1.19 bits per heavy atom. The fraction of sp³-hybridized carbons (Fsp3) is 1.00. The summed E-state index contributed by atoms with van der Waals surface area (Å²) >= 11 is 0. The normalized spacial score (nSPS) is 25.3. The van der Waals surface area contributed by atoms with Gasteiger partial charge in [0, 0.05) is 24.7 Å². The van der Waals surface area contributed by atoms with Gasteiger partial charge in [0.25, 0.3) is 0 Å². The van der Waals surface area contributed by atoms with Gasteiger partial charge < -0.3 is 5.73 Å². The number of rotatable bonds is 5. The minimum absolute atomic E-state index is 0.342. The number of hydrogen-bond acceptors (Lipinski definition) is 2. The summed E-state index contributed by atoms with van der Waals surface area (Å²) in [6.45, 7) is 6.84. The Balaban J connectivity index is 2.06. The quantitative estimate of drug-likeness (QED) is 0.778. The highest BCUT2D eigenvalue weighted by Crippen LogP contribution is 2.38. The van der Waals surface area contributed by atoms with E-state index >= 15 is 0 Å². The van der Waals surface area contributed by atoms with Crippen LogP contribution in [0.1, 0.15) is 58.8 Å². The van der Waals surface area contributed by atoms with E-state index in [4.69, 9.17) is 5.73 Å². The topological polar surface area (TPSA) is 29.3 Å². The predicted octanol–water partition coefficient (Wildman–Crippen LogP) is 2.77. The molecule has 2 heteroatoms. The van der Waals surface area contributed by atoms with Crippen molar-refractivity contribution in [3.63, 3.8) is 0 Å². The van der Waals surface area contributed by atoms with Crippen LogP contribution in [0, 0.1) is 5.92 Å². The van der Waals surface area contributed by atoms with Crippen molar-refractivity contribution in [3.05, 3.63) is 0 Å². The van der Waals surface area contributed by atoms with E-state index in [2.05, 4.69) is 18.7 Å². The van der Waals surface area contributed by atoms with Crippen LogP contribution in [0.3, 0.4) is 0 Å². The van der Waals surface area contributed by atoms with Crippen LogP contribution in [0.15, 0.2) is 0 Å². The second-order valence-electron chi connectivity index (χ2n) is 6.18. The Morgan fingerprint density at radius 2 is 1.81 bits per heavy atom. The van der Waals surface area contributed by atoms with Gasteiger partial charge in [0.2, 0.25) is 0 Å². The second-order valence-corrected chi connectivity index (χ2v) is 6.18. The first kappa shape index (κ1) is 12.4. The molecule has 2 rings (SSSR count). The molecule has 0 spiro atoms. The highest BCUT2D eigenvalue weighted by Gasteiger charge is 2.40. The Kier molecular flexibility index (Phi) is 3.91. The Morgan fingerprint density at radius 3 is 2.25 bits per heavy atom. The van der Waals surface area contributed by atoms with Crippen molar-refractivity contribution >= 4 is 0 Å². The third-order valence-corrected chi connectivity index (χ3v) is 4.55. The molecule has 0 amide bonds. The molecule has 0 aromatic heterocycles. The van der Waals surface area contributed by atoms with Gasteiger partial charge in [0.1, 0.15) is 0 Å². The minimum Gasteiger partial charge on any atom is -0.329 e. The van der Waals surface area contributed by atoms with Crippen LogP contribution < -0.4 is 5.73 Å². The predicted molar refractivity (Wildman–Crippen MR) is 69.4 cm³/mol. The molecular weight excluding hydrogens is 196 g/mol. The average molecular weight is 224 g/mol. The van der Waals surface area contributed by atoms with E-state index in [-0.39, 0.29) is 0 Å². The molecule has 0 bridgehead atoms. The molecule has 0 atom stereocenters. The maximum Gasteiger partial charge on any atom is 0.0334 e. The van der Waals surface area contributed by atoms with E-state index in [9.17, 15) is 0 Å². The molecule has 2 aliphatic carbocycles. The lowest BCUT2D eigenvalue weighted by atomic mass is 9.79. The van der Waals surface area contributed by atoms with Crippen LogP contribution in [-0.4, -0.2) is 29.6 Å². The molecule has 0 heterocycles. The second kappa shape index (κ2) is 5.05. The van der Waals surface area contributed by atoms with Gasteiger partial charge in [-0.1, -0.05) is 19.3 Å². The lowest BCUT2D eigenvalue weighted by Gasteiger charge is -2.48. The zero-order valence-corrected chi connectivity index (χ0v) is 11.0. The van der Waals surface area contributed by atoms with E-state index in [0.29, 0.717) is 11.6 Å². The van der Waals surface area contributed by atoms with Crippen LogP contribution in [0.4, 0.5) is 0 Å². The highest BCUT2D eigenvalue weighted by molar-refractivity contribution is 4.97. The molecule has 94 valence electrons. The number of nitrogens with two attached hydrogens (primary N) is 1. The number of nitrogens with zero attached hydrogens (tertiary/aromatic N) is 1. The molecule has 2 fully saturated rings. The molecule has 0 unspecified atom stereocenters. The summed E-state index contributed by atoms with van der Waals surface area (Å²) in [5.74, 6) is 0.979. The molecular formula is C14H28N2. The molecule has 16 heavy (non-hydrogen) atoms. The van der Waals surface area contributed by atoms with Crippen LogP contribution >= 0.6 is 0 Å². The molecule has 2 saturated carbocycles. The Labute approximate surface area is 101 Å². The molecule has 0 radical (unpaired) electrons. The standard InChI is InChI=1S/C14H28N2/c1-12(2)16(10-13-6-7-13)14(11-15)8-4-3-5-9-14/h12-13H,3-11,15H2,1-2H3. The van der Waals surface area contributed by atoms with E-state index in [1.165, 1.54) is 51.5 Å². The van der Waals surface area contributed by atoms with E-state index in [1.807, 2.05) is 0 Å². The van der Waals surface area contributed by atoms with Gasteiger partial charge in [-0.15, -0.1) is 0 Å². The van der Waals surface area contributed by atoms with Crippen LogP contribution in [0.25, 0.3) is 0 Å². The summed E-state index contributed by atoms with van der Waals surface area (Å²) in [7, 11) is 0. The van der Waals surface area contributed by atoms with Crippen molar-refractivity contribution < 1.29 is 0 Å². The van der Waals surface area contributed by atoms with Crippen molar-refractivity contribution in [2.24, 2.45) is 11.7 Å². The van der Waals surface area contributed by atoms with Crippen LogP contribution in [0.2, 0.25) is 0 Å². The Hall–Kier alpha value is -0.0800. The van der Waals surface area contributed by atoms with Gasteiger partial charge in [-0.3, -0.25) is 4.90 Å². The van der Waals surface area contributed by atoms with Crippen molar-refractivity contribution in [1.29, 1.82) is 0 Å². The molecule has 0 aromatic carbocycles. The molecule has 2 nitrogen and oxygen atoms in total. The first-order chi connectivity index (χ1) is 7.68. The third kappa shape index (κ3) is 2.60. The molecule has 0 aliphatic heterocycles. The lowest BCUT2D eigenvalue weighted by Crippen LogP contribution is -2.58. The average Bonchev–Trinajstić information content (AvgIpc) is 3.10. The van der Waals surface area contributed by atoms with Gasteiger partial charge in [0.05, 0.1) is 0 Å². The first-order valence-corrected chi connectivity index (χ1v) is 7.15. The zero-order chi connectivity index (χ0) is 11.6. The fourth-order valence-corrected chi connectivity index (χ4v) is 3.35. The summed E-state index contributed by atoms with van der Waals surface area (Å²) < 4.78 is 0. The van der Waals surface area contributed by atoms with Gasteiger partial charge in [-0.2, -0.15) is 0 Å². The maximum atomic E-state index is 6.13. The van der Waals surface area contributed by atoms with E-state index in [0.717, 1.165) is 12.5 Å². The van der Waals surface area contributed by atoms with Gasteiger partial charge in [0.15, 0.2) is 0 Å². The van der Waals surface area contributed by atoms with Gasteiger partial charge in [-0.05, 0) is 45.4 Å². The van der Waals surface area contributed by atoms with Crippen LogP contribution in [-0.2, 0) is 0 Å². The summed E-state index contributed by atoms with van der Waals surface area (Å²) in [4.78, 5) is 2.74. The van der Waals surface area contributed by atoms with Crippen molar-refractivity contribution in [1.82, 2.24) is 4.90 Å². The lowest BCUT2D eigenvalue weighted by molar-refractivity contribution is 0.0259. The minimum atomic E-state index is 0.342. The van der Waals surface area contributed by atoms with Crippen molar-refractivity contribution in [2.45, 2.75) is 70.4 Å².